The molecule has 0 aliphatic carbocycles. The van der Waals surface area contributed by atoms with Crippen LogP contribution in [0, 0.1) is 0 Å². The summed E-state index contributed by atoms with van der Waals surface area (Å²) in [6.45, 7) is 5.19. The fourth-order valence-electron chi connectivity index (χ4n) is 2.10. The van der Waals surface area contributed by atoms with Gasteiger partial charge in [-0.2, -0.15) is 0 Å². The van der Waals surface area contributed by atoms with Gasteiger partial charge in [-0.15, -0.1) is 0 Å². The lowest BCUT2D eigenvalue weighted by molar-refractivity contribution is -0.0266. The largest absolute Gasteiger partial charge is 0.394 e. The van der Waals surface area contributed by atoms with Gasteiger partial charge >= 0.3 is 0 Å². The zero-order chi connectivity index (χ0) is 11.5. The van der Waals surface area contributed by atoms with Crippen molar-refractivity contribution in [3.8, 4) is 0 Å². The average Bonchev–Trinajstić information content (AvgIpc) is 2.74. The third-order valence-electron chi connectivity index (χ3n) is 2.99. The minimum Gasteiger partial charge on any atom is -0.394 e. The highest BCUT2D eigenvalue weighted by Crippen LogP contribution is 2.31. The van der Waals surface area contributed by atoms with E-state index in [0.29, 0.717) is 6.04 Å². The van der Waals surface area contributed by atoms with E-state index in [1.165, 1.54) is 0 Å². The first-order valence-electron chi connectivity index (χ1n) is 5.79. The van der Waals surface area contributed by atoms with Gasteiger partial charge in [-0.3, -0.25) is 4.90 Å². The van der Waals surface area contributed by atoms with Crippen LogP contribution < -0.4 is 0 Å². The second kappa shape index (κ2) is 4.95. The molecule has 0 saturated carbocycles. The monoisotopic (exact) mass is 221 g/mol. The highest BCUT2D eigenvalue weighted by atomic mass is 16.5. The molecule has 3 heteroatoms. The minimum absolute atomic E-state index is 0.0154. The van der Waals surface area contributed by atoms with Crippen molar-refractivity contribution < 1.29 is 9.84 Å². The van der Waals surface area contributed by atoms with Crippen LogP contribution in [0.5, 0.6) is 0 Å². The molecule has 1 heterocycles. The van der Waals surface area contributed by atoms with Crippen LogP contribution in [0.15, 0.2) is 30.3 Å². The predicted molar refractivity (Wildman–Crippen MR) is 63.0 cm³/mol. The molecule has 0 amide bonds. The summed E-state index contributed by atoms with van der Waals surface area (Å²) in [4.78, 5) is 2.27. The summed E-state index contributed by atoms with van der Waals surface area (Å²) in [6.07, 6.45) is -0.0778. The third-order valence-corrected chi connectivity index (χ3v) is 2.99. The fraction of sp³-hybridized carbons (Fsp3) is 0.538. The lowest BCUT2D eigenvalue weighted by Crippen LogP contribution is -2.32. The minimum atomic E-state index is -0.0624. The number of rotatable bonds is 3. The molecule has 0 unspecified atom stereocenters. The maximum absolute atomic E-state index is 9.18. The molecule has 1 N–H and O–H groups in total. The first-order valence-corrected chi connectivity index (χ1v) is 5.79. The summed E-state index contributed by atoms with van der Waals surface area (Å²) in [5.41, 5.74) is 1.16. The molecule has 1 aliphatic rings. The zero-order valence-corrected chi connectivity index (χ0v) is 9.84. The standard InChI is InChI=1S/C13H19NO2/c1-10(2)14-8-12(9-15)16-13(14)11-6-4-3-5-7-11/h3-7,10,12-13,15H,8-9H2,1-2H3/t12-,13+/m0/s1. The van der Waals surface area contributed by atoms with Gasteiger partial charge in [0.25, 0.3) is 0 Å². The Bertz CT molecular complexity index is 326. The Balaban J connectivity index is 2.19. The van der Waals surface area contributed by atoms with Gasteiger partial charge in [0.05, 0.1) is 12.7 Å². The maximum atomic E-state index is 9.18. The van der Waals surface area contributed by atoms with E-state index in [2.05, 4.69) is 30.9 Å². The van der Waals surface area contributed by atoms with Crippen molar-refractivity contribution in [2.45, 2.75) is 32.2 Å². The van der Waals surface area contributed by atoms with E-state index in [9.17, 15) is 5.11 Å². The lowest BCUT2D eigenvalue weighted by Gasteiger charge is -2.26. The number of aliphatic hydroxyl groups is 1. The Kier molecular flexibility index (Phi) is 3.59. The van der Waals surface area contributed by atoms with Crippen molar-refractivity contribution in [1.29, 1.82) is 0 Å². The van der Waals surface area contributed by atoms with Crippen LogP contribution in [0.25, 0.3) is 0 Å². The van der Waals surface area contributed by atoms with Crippen molar-refractivity contribution in [1.82, 2.24) is 4.90 Å². The van der Waals surface area contributed by atoms with Gasteiger partial charge in [-0.05, 0) is 19.4 Å². The molecule has 0 bridgehead atoms. The van der Waals surface area contributed by atoms with Gasteiger partial charge in [0.2, 0.25) is 0 Å². The predicted octanol–water partition coefficient (Wildman–Crippen LogP) is 1.79. The molecule has 1 fully saturated rings. The molecule has 2 rings (SSSR count). The molecule has 0 radical (unpaired) electrons. The van der Waals surface area contributed by atoms with Gasteiger partial charge in [0, 0.05) is 12.6 Å². The fourth-order valence-corrected chi connectivity index (χ4v) is 2.10. The van der Waals surface area contributed by atoms with Crippen LogP contribution in [-0.2, 0) is 4.74 Å². The van der Waals surface area contributed by atoms with E-state index in [-0.39, 0.29) is 18.9 Å². The number of hydrogen-bond donors (Lipinski definition) is 1. The van der Waals surface area contributed by atoms with Crippen molar-refractivity contribution in [3.05, 3.63) is 35.9 Å². The van der Waals surface area contributed by atoms with Crippen molar-refractivity contribution in [3.63, 3.8) is 0 Å². The smallest absolute Gasteiger partial charge is 0.137 e. The van der Waals surface area contributed by atoms with E-state index in [1.807, 2.05) is 18.2 Å². The molecule has 3 nitrogen and oxygen atoms in total. The zero-order valence-electron chi connectivity index (χ0n) is 9.84. The van der Waals surface area contributed by atoms with E-state index in [1.54, 1.807) is 0 Å². The van der Waals surface area contributed by atoms with Crippen LogP contribution >= 0.6 is 0 Å². The van der Waals surface area contributed by atoms with Crippen LogP contribution in [-0.4, -0.2) is 35.3 Å². The van der Waals surface area contributed by atoms with Crippen molar-refractivity contribution in [2.24, 2.45) is 0 Å². The Morgan fingerprint density at radius 2 is 2.06 bits per heavy atom. The van der Waals surface area contributed by atoms with Crippen molar-refractivity contribution >= 4 is 0 Å². The molecule has 1 saturated heterocycles. The normalized spacial score (nSPS) is 26.5. The number of hydrogen-bond acceptors (Lipinski definition) is 3. The molecule has 0 aromatic heterocycles. The molecule has 2 atom stereocenters. The van der Waals surface area contributed by atoms with E-state index in [4.69, 9.17) is 4.74 Å². The SMILES string of the molecule is CC(C)N1C[C@@H](CO)O[C@@H]1c1ccccc1. The Labute approximate surface area is 96.6 Å². The summed E-state index contributed by atoms with van der Waals surface area (Å²) >= 11 is 0. The molecule has 0 spiro atoms. The van der Waals surface area contributed by atoms with Gasteiger partial charge in [-0.25, -0.2) is 0 Å². The number of ether oxygens (including phenoxy) is 1. The molecular weight excluding hydrogens is 202 g/mol. The highest BCUT2D eigenvalue weighted by Gasteiger charge is 2.34. The molecule has 16 heavy (non-hydrogen) atoms. The third kappa shape index (κ3) is 2.26. The first-order chi connectivity index (χ1) is 7.72. The summed E-state index contributed by atoms with van der Waals surface area (Å²) in [5.74, 6) is 0. The van der Waals surface area contributed by atoms with Crippen LogP contribution in [0.3, 0.4) is 0 Å². The molecule has 88 valence electrons. The summed E-state index contributed by atoms with van der Waals surface area (Å²) in [5, 5.41) is 9.18. The first kappa shape index (κ1) is 11.6. The summed E-state index contributed by atoms with van der Waals surface area (Å²) in [7, 11) is 0. The van der Waals surface area contributed by atoms with Crippen LogP contribution in [0.2, 0.25) is 0 Å². The van der Waals surface area contributed by atoms with Crippen LogP contribution in [0.1, 0.15) is 25.6 Å². The highest BCUT2D eigenvalue weighted by molar-refractivity contribution is 5.18. The molecular formula is C13H19NO2. The Hall–Kier alpha value is -0.900. The summed E-state index contributed by atoms with van der Waals surface area (Å²) in [6, 6.07) is 10.6. The van der Waals surface area contributed by atoms with Gasteiger partial charge in [-0.1, -0.05) is 30.3 Å². The summed E-state index contributed by atoms with van der Waals surface area (Å²) < 4.78 is 5.85. The maximum Gasteiger partial charge on any atom is 0.137 e. The quantitative estimate of drug-likeness (QED) is 0.844. The van der Waals surface area contributed by atoms with Crippen LogP contribution in [0.4, 0.5) is 0 Å². The van der Waals surface area contributed by atoms with Crippen molar-refractivity contribution in [2.75, 3.05) is 13.2 Å². The molecule has 1 aliphatic heterocycles. The number of aliphatic hydroxyl groups excluding tert-OH is 1. The number of nitrogens with zero attached hydrogens (tertiary/aromatic N) is 1. The van der Waals surface area contributed by atoms with E-state index in [0.717, 1.165) is 12.1 Å². The van der Waals surface area contributed by atoms with E-state index >= 15 is 0 Å². The number of benzene rings is 1. The average molecular weight is 221 g/mol. The Morgan fingerprint density at radius 1 is 1.38 bits per heavy atom. The Morgan fingerprint density at radius 3 is 2.62 bits per heavy atom. The second-order valence-corrected chi connectivity index (χ2v) is 4.49. The second-order valence-electron chi connectivity index (χ2n) is 4.49. The van der Waals surface area contributed by atoms with Gasteiger partial charge < -0.3 is 9.84 Å². The molecule has 1 aromatic rings. The van der Waals surface area contributed by atoms with E-state index < -0.39 is 0 Å². The lowest BCUT2D eigenvalue weighted by atomic mass is 10.1. The van der Waals surface area contributed by atoms with Gasteiger partial charge in [0.1, 0.15) is 6.23 Å². The van der Waals surface area contributed by atoms with Gasteiger partial charge in [0.15, 0.2) is 0 Å². The topological polar surface area (TPSA) is 32.7 Å². The molecule has 1 aromatic carbocycles.